The molecule has 15 heavy (non-hydrogen) atoms. The Balaban J connectivity index is 2.97. The molecule has 2 heterocycles. The summed E-state index contributed by atoms with van der Waals surface area (Å²) in [5.74, 6) is -0.491. The smallest absolute Gasteiger partial charge is 0.273 e. The second-order valence-electron chi connectivity index (χ2n) is 2.93. The van der Waals surface area contributed by atoms with Crippen LogP contribution in [0.2, 0.25) is 5.15 Å². The number of fused-ring (bicyclic) bond motifs is 1. The molecule has 0 atom stereocenters. The molecule has 2 rings (SSSR count). The van der Waals surface area contributed by atoms with Crippen LogP contribution in [0.1, 0.15) is 11.7 Å². The van der Waals surface area contributed by atoms with Gasteiger partial charge in [0, 0.05) is 18.5 Å². The SMILES string of the molecule is CC(=O)n1nc(Cl)c2cccnc2c1=O. The van der Waals surface area contributed by atoms with Crippen LogP contribution < -0.4 is 5.56 Å². The lowest BCUT2D eigenvalue weighted by atomic mass is 10.3. The molecule has 0 saturated heterocycles. The van der Waals surface area contributed by atoms with E-state index < -0.39 is 11.5 Å². The molecule has 0 aromatic carbocycles. The number of carbonyl (C=O) groups excluding carboxylic acids is 1. The molecule has 0 spiro atoms. The highest BCUT2D eigenvalue weighted by Crippen LogP contribution is 2.15. The summed E-state index contributed by atoms with van der Waals surface area (Å²) in [6, 6.07) is 3.27. The Kier molecular flexibility index (Phi) is 2.24. The third-order valence-corrected chi connectivity index (χ3v) is 2.19. The van der Waals surface area contributed by atoms with E-state index >= 15 is 0 Å². The monoisotopic (exact) mass is 223 g/mol. The summed E-state index contributed by atoms with van der Waals surface area (Å²) in [5, 5.41) is 4.22. The van der Waals surface area contributed by atoms with E-state index in [1.165, 1.54) is 13.1 Å². The van der Waals surface area contributed by atoms with Crippen LogP contribution in [0.3, 0.4) is 0 Å². The van der Waals surface area contributed by atoms with Crippen LogP contribution >= 0.6 is 11.6 Å². The zero-order valence-electron chi connectivity index (χ0n) is 7.77. The number of carbonyl (C=O) groups is 1. The summed E-state index contributed by atoms with van der Waals surface area (Å²) < 4.78 is 0.706. The van der Waals surface area contributed by atoms with Crippen molar-refractivity contribution >= 4 is 28.4 Å². The average molecular weight is 224 g/mol. The summed E-state index contributed by atoms with van der Waals surface area (Å²) >= 11 is 5.82. The van der Waals surface area contributed by atoms with Crippen molar-refractivity contribution < 1.29 is 4.79 Å². The van der Waals surface area contributed by atoms with E-state index in [0.29, 0.717) is 10.1 Å². The summed E-state index contributed by atoms with van der Waals surface area (Å²) in [5.41, 5.74) is -0.407. The lowest BCUT2D eigenvalue weighted by molar-refractivity contribution is 0.0915. The standard InChI is InChI=1S/C9H6ClN3O2/c1-5(14)13-9(15)7-6(8(10)12-13)3-2-4-11-7/h2-4H,1H3. The van der Waals surface area contributed by atoms with Crippen LogP contribution in [-0.4, -0.2) is 20.7 Å². The Morgan fingerprint density at radius 1 is 1.53 bits per heavy atom. The predicted octanol–water partition coefficient (Wildman–Crippen LogP) is 1.10. The van der Waals surface area contributed by atoms with Crippen molar-refractivity contribution in [2.75, 3.05) is 0 Å². The van der Waals surface area contributed by atoms with Crippen LogP contribution in [0.15, 0.2) is 23.1 Å². The molecule has 76 valence electrons. The Labute approximate surface area is 89.3 Å². The molecule has 0 saturated carbocycles. The van der Waals surface area contributed by atoms with E-state index in [2.05, 4.69) is 10.1 Å². The van der Waals surface area contributed by atoms with E-state index in [1.807, 2.05) is 0 Å². The minimum absolute atomic E-state index is 0.0906. The minimum Gasteiger partial charge on any atom is -0.273 e. The van der Waals surface area contributed by atoms with Gasteiger partial charge in [0.15, 0.2) is 5.15 Å². The van der Waals surface area contributed by atoms with Crippen molar-refractivity contribution in [1.29, 1.82) is 0 Å². The van der Waals surface area contributed by atoms with Gasteiger partial charge in [-0.2, -0.15) is 4.68 Å². The highest BCUT2D eigenvalue weighted by Gasteiger charge is 2.11. The van der Waals surface area contributed by atoms with Gasteiger partial charge >= 0.3 is 5.56 Å². The number of pyridine rings is 1. The second-order valence-corrected chi connectivity index (χ2v) is 3.28. The van der Waals surface area contributed by atoms with Crippen molar-refractivity contribution in [3.63, 3.8) is 0 Å². The molecule has 0 aliphatic heterocycles. The number of aromatic nitrogens is 3. The number of halogens is 1. The Bertz CT molecular complexity index is 606. The number of hydrogen-bond acceptors (Lipinski definition) is 4. The first-order chi connectivity index (χ1) is 7.11. The predicted molar refractivity (Wildman–Crippen MR) is 55.1 cm³/mol. The van der Waals surface area contributed by atoms with Crippen molar-refractivity contribution in [3.05, 3.63) is 33.8 Å². The van der Waals surface area contributed by atoms with Crippen LogP contribution in [-0.2, 0) is 0 Å². The minimum atomic E-state index is -0.553. The maximum atomic E-state index is 11.7. The third kappa shape index (κ3) is 1.50. The van der Waals surface area contributed by atoms with E-state index in [-0.39, 0.29) is 10.7 Å². The molecule has 0 unspecified atom stereocenters. The molecule has 0 fully saturated rings. The normalized spacial score (nSPS) is 10.5. The molecule has 0 N–H and O–H groups in total. The zero-order valence-corrected chi connectivity index (χ0v) is 8.52. The molecule has 0 radical (unpaired) electrons. The second kappa shape index (κ2) is 3.43. The summed E-state index contributed by atoms with van der Waals surface area (Å²) in [7, 11) is 0. The Morgan fingerprint density at radius 2 is 2.27 bits per heavy atom. The molecule has 6 heteroatoms. The molecule has 2 aromatic heterocycles. The highest BCUT2D eigenvalue weighted by atomic mass is 35.5. The molecule has 0 amide bonds. The fourth-order valence-corrected chi connectivity index (χ4v) is 1.47. The molecule has 0 aliphatic rings. The highest BCUT2D eigenvalue weighted by molar-refractivity contribution is 6.34. The quantitative estimate of drug-likeness (QED) is 0.671. The van der Waals surface area contributed by atoms with Crippen LogP contribution in [0.5, 0.6) is 0 Å². The maximum absolute atomic E-state index is 11.7. The van der Waals surface area contributed by atoms with Gasteiger partial charge in [0.1, 0.15) is 5.52 Å². The van der Waals surface area contributed by atoms with E-state index in [0.717, 1.165) is 0 Å². The molecule has 2 aromatic rings. The first kappa shape index (κ1) is 9.79. The van der Waals surface area contributed by atoms with Gasteiger partial charge in [0.05, 0.1) is 0 Å². The first-order valence-corrected chi connectivity index (χ1v) is 4.53. The lowest BCUT2D eigenvalue weighted by Crippen LogP contribution is -2.28. The van der Waals surface area contributed by atoms with Crippen LogP contribution in [0.4, 0.5) is 0 Å². The Hall–Kier alpha value is -1.75. The summed E-state index contributed by atoms with van der Waals surface area (Å²) in [6.45, 7) is 1.24. The zero-order chi connectivity index (χ0) is 11.0. The fraction of sp³-hybridized carbons (Fsp3) is 0.111. The first-order valence-electron chi connectivity index (χ1n) is 4.16. The van der Waals surface area contributed by atoms with Gasteiger partial charge < -0.3 is 0 Å². The molecular weight excluding hydrogens is 218 g/mol. The van der Waals surface area contributed by atoms with Gasteiger partial charge in [-0.15, -0.1) is 5.10 Å². The van der Waals surface area contributed by atoms with Gasteiger partial charge in [-0.25, -0.2) is 0 Å². The summed E-state index contributed by atoms with van der Waals surface area (Å²) in [6.07, 6.45) is 1.46. The Morgan fingerprint density at radius 3 is 2.93 bits per heavy atom. The third-order valence-electron chi connectivity index (χ3n) is 1.91. The molecule has 0 aliphatic carbocycles. The van der Waals surface area contributed by atoms with Crippen molar-refractivity contribution in [2.45, 2.75) is 6.92 Å². The van der Waals surface area contributed by atoms with Gasteiger partial charge in [-0.3, -0.25) is 14.6 Å². The van der Waals surface area contributed by atoms with Crippen LogP contribution in [0, 0.1) is 0 Å². The molecule has 5 nitrogen and oxygen atoms in total. The van der Waals surface area contributed by atoms with Gasteiger partial charge in [-0.05, 0) is 12.1 Å². The maximum Gasteiger partial charge on any atom is 0.300 e. The fourth-order valence-electron chi connectivity index (χ4n) is 1.24. The average Bonchev–Trinajstić information content (AvgIpc) is 2.23. The molecular formula is C9H6ClN3O2. The van der Waals surface area contributed by atoms with E-state index in [9.17, 15) is 9.59 Å². The van der Waals surface area contributed by atoms with Gasteiger partial charge in [0.25, 0.3) is 0 Å². The van der Waals surface area contributed by atoms with Gasteiger partial charge in [0.2, 0.25) is 5.91 Å². The van der Waals surface area contributed by atoms with E-state index in [1.54, 1.807) is 12.1 Å². The number of nitrogens with zero attached hydrogens (tertiary/aromatic N) is 3. The number of hydrogen-bond donors (Lipinski definition) is 0. The summed E-state index contributed by atoms with van der Waals surface area (Å²) in [4.78, 5) is 26.6. The van der Waals surface area contributed by atoms with Crippen molar-refractivity contribution in [1.82, 2.24) is 14.8 Å². The molecule has 0 bridgehead atoms. The van der Waals surface area contributed by atoms with Gasteiger partial charge in [-0.1, -0.05) is 11.6 Å². The van der Waals surface area contributed by atoms with E-state index in [4.69, 9.17) is 11.6 Å². The lowest BCUT2D eigenvalue weighted by Gasteiger charge is -2.02. The largest absolute Gasteiger partial charge is 0.300 e. The van der Waals surface area contributed by atoms with Crippen LogP contribution in [0.25, 0.3) is 10.9 Å². The van der Waals surface area contributed by atoms with Crippen molar-refractivity contribution in [3.8, 4) is 0 Å². The number of rotatable bonds is 0. The van der Waals surface area contributed by atoms with Crippen molar-refractivity contribution in [2.24, 2.45) is 0 Å². The topological polar surface area (TPSA) is 64.8 Å².